The first-order valence-corrected chi connectivity index (χ1v) is 3.63. The fourth-order valence-electron chi connectivity index (χ4n) is 0.916. The smallest absolute Gasteiger partial charge is 0.165 e. The molecule has 1 saturated carbocycles. The zero-order chi connectivity index (χ0) is 6.74. The van der Waals surface area contributed by atoms with Crippen LogP contribution in [-0.2, 0) is 4.74 Å². The minimum absolute atomic E-state index is 0.691. The third-order valence-electron chi connectivity index (χ3n) is 1.71. The summed E-state index contributed by atoms with van der Waals surface area (Å²) in [5.74, 6) is -0.726. The average molecular weight is 130 g/mol. The second-order valence-electron chi connectivity index (χ2n) is 2.65. The Balaban J connectivity index is 2.09. The molecule has 0 aromatic heterocycles. The van der Waals surface area contributed by atoms with Crippen LogP contribution in [0.1, 0.15) is 32.6 Å². The van der Waals surface area contributed by atoms with E-state index in [0.29, 0.717) is 6.61 Å². The van der Waals surface area contributed by atoms with Gasteiger partial charge in [0.1, 0.15) is 0 Å². The Morgan fingerprint density at radius 1 is 1.56 bits per heavy atom. The van der Waals surface area contributed by atoms with Gasteiger partial charge in [-0.25, -0.2) is 0 Å². The Kier molecular flexibility index (Phi) is 2.09. The summed E-state index contributed by atoms with van der Waals surface area (Å²) in [5, 5.41) is 9.32. The number of ether oxygens (including phenoxy) is 1. The van der Waals surface area contributed by atoms with Crippen LogP contribution in [0.2, 0.25) is 0 Å². The van der Waals surface area contributed by atoms with Crippen molar-refractivity contribution in [2.75, 3.05) is 6.61 Å². The summed E-state index contributed by atoms with van der Waals surface area (Å²) < 4.78 is 5.17. The van der Waals surface area contributed by atoms with Gasteiger partial charge in [-0.3, -0.25) is 0 Å². The maximum absolute atomic E-state index is 9.32. The third kappa shape index (κ3) is 1.66. The lowest BCUT2D eigenvalue weighted by atomic mass is 9.91. The van der Waals surface area contributed by atoms with E-state index in [0.717, 1.165) is 25.7 Å². The van der Waals surface area contributed by atoms with Crippen molar-refractivity contribution in [1.82, 2.24) is 0 Å². The summed E-state index contributed by atoms with van der Waals surface area (Å²) >= 11 is 0. The van der Waals surface area contributed by atoms with Crippen LogP contribution >= 0.6 is 0 Å². The van der Waals surface area contributed by atoms with Crippen LogP contribution in [0.15, 0.2) is 0 Å². The van der Waals surface area contributed by atoms with E-state index < -0.39 is 5.79 Å². The Morgan fingerprint density at radius 3 is 2.56 bits per heavy atom. The molecule has 0 aromatic rings. The van der Waals surface area contributed by atoms with Crippen LogP contribution in [0.4, 0.5) is 0 Å². The molecule has 0 heterocycles. The molecule has 1 N–H and O–H groups in total. The molecule has 0 radical (unpaired) electrons. The van der Waals surface area contributed by atoms with Crippen molar-refractivity contribution in [1.29, 1.82) is 0 Å². The van der Waals surface area contributed by atoms with Crippen LogP contribution in [0.3, 0.4) is 0 Å². The first-order chi connectivity index (χ1) is 4.27. The van der Waals surface area contributed by atoms with Crippen LogP contribution in [0.25, 0.3) is 0 Å². The lowest BCUT2D eigenvalue weighted by Gasteiger charge is -2.35. The minimum atomic E-state index is -0.726. The molecular formula is C7H14O2. The number of hydrogen-bond acceptors (Lipinski definition) is 2. The topological polar surface area (TPSA) is 29.5 Å². The van der Waals surface area contributed by atoms with E-state index in [1.807, 2.05) is 6.92 Å². The summed E-state index contributed by atoms with van der Waals surface area (Å²) in [7, 11) is 0. The van der Waals surface area contributed by atoms with E-state index in [9.17, 15) is 5.11 Å². The monoisotopic (exact) mass is 130 g/mol. The summed E-state index contributed by atoms with van der Waals surface area (Å²) in [5.41, 5.74) is 0. The largest absolute Gasteiger partial charge is 0.365 e. The zero-order valence-electron chi connectivity index (χ0n) is 5.89. The second-order valence-corrected chi connectivity index (χ2v) is 2.65. The number of rotatable bonds is 3. The molecular weight excluding hydrogens is 116 g/mol. The summed E-state index contributed by atoms with van der Waals surface area (Å²) in [6.07, 6.45) is 3.75. The first kappa shape index (κ1) is 7.03. The molecule has 1 rings (SSSR count). The molecule has 0 amide bonds. The molecule has 54 valence electrons. The quantitative estimate of drug-likeness (QED) is 0.583. The van der Waals surface area contributed by atoms with Crippen molar-refractivity contribution in [3.8, 4) is 0 Å². The molecule has 1 fully saturated rings. The standard InChI is InChI=1S/C7H14O2/c1-2-6-9-7(8)4-3-5-7/h8H,2-6H2,1H3. The van der Waals surface area contributed by atoms with Gasteiger partial charge >= 0.3 is 0 Å². The highest BCUT2D eigenvalue weighted by atomic mass is 16.6. The fourth-order valence-corrected chi connectivity index (χ4v) is 0.916. The molecule has 0 spiro atoms. The first-order valence-electron chi connectivity index (χ1n) is 3.63. The molecule has 1 aliphatic carbocycles. The lowest BCUT2D eigenvalue weighted by molar-refractivity contribution is -0.246. The van der Waals surface area contributed by atoms with Crippen molar-refractivity contribution < 1.29 is 9.84 Å². The van der Waals surface area contributed by atoms with Gasteiger partial charge in [-0.15, -0.1) is 0 Å². The molecule has 0 aliphatic heterocycles. The van der Waals surface area contributed by atoms with Gasteiger partial charge < -0.3 is 9.84 Å². The molecule has 0 unspecified atom stereocenters. The average Bonchev–Trinajstić information content (AvgIpc) is 1.79. The van der Waals surface area contributed by atoms with E-state index in [4.69, 9.17) is 4.74 Å². The summed E-state index contributed by atoms with van der Waals surface area (Å²) in [6, 6.07) is 0. The fraction of sp³-hybridized carbons (Fsp3) is 1.00. The second kappa shape index (κ2) is 2.67. The maximum atomic E-state index is 9.32. The Labute approximate surface area is 55.8 Å². The number of hydrogen-bond donors (Lipinski definition) is 1. The normalized spacial score (nSPS) is 23.3. The third-order valence-corrected chi connectivity index (χ3v) is 1.71. The van der Waals surface area contributed by atoms with Crippen LogP contribution in [-0.4, -0.2) is 17.5 Å². The molecule has 2 nitrogen and oxygen atoms in total. The molecule has 2 heteroatoms. The molecule has 9 heavy (non-hydrogen) atoms. The van der Waals surface area contributed by atoms with Crippen molar-refractivity contribution in [2.24, 2.45) is 0 Å². The Hall–Kier alpha value is -0.0800. The predicted octanol–water partition coefficient (Wildman–Crippen LogP) is 1.29. The molecule has 1 aliphatic rings. The van der Waals surface area contributed by atoms with Crippen molar-refractivity contribution in [3.05, 3.63) is 0 Å². The highest BCUT2D eigenvalue weighted by Crippen LogP contribution is 2.32. The van der Waals surface area contributed by atoms with E-state index in [1.54, 1.807) is 0 Å². The lowest BCUT2D eigenvalue weighted by Crippen LogP contribution is -2.39. The zero-order valence-corrected chi connectivity index (χ0v) is 5.89. The van der Waals surface area contributed by atoms with Gasteiger partial charge in [0, 0.05) is 19.4 Å². The van der Waals surface area contributed by atoms with Gasteiger partial charge in [0.15, 0.2) is 5.79 Å². The van der Waals surface area contributed by atoms with Crippen molar-refractivity contribution in [3.63, 3.8) is 0 Å². The van der Waals surface area contributed by atoms with Gasteiger partial charge in [0.2, 0.25) is 0 Å². The number of aliphatic hydroxyl groups is 1. The van der Waals surface area contributed by atoms with Crippen LogP contribution in [0.5, 0.6) is 0 Å². The van der Waals surface area contributed by atoms with E-state index >= 15 is 0 Å². The van der Waals surface area contributed by atoms with Gasteiger partial charge in [-0.05, 0) is 12.8 Å². The molecule has 0 atom stereocenters. The van der Waals surface area contributed by atoms with E-state index in [1.165, 1.54) is 0 Å². The van der Waals surface area contributed by atoms with Crippen LogP contribution < -0.4 is 0 Å². The minimum Gasteiger partial charge on any atom is -0.365 e. The van der Waals surface area contributed by atoms with Crippen molar-refractivity contribution >= 4 is 0 Å². The molecule has 0 aromatic carbocycles. The van der Waals surface area contributed by atoms with Gasteiger partial charge in [0.25, 0.3) is 0 Å². The predicted molar refractivity (Wildman–Crippen MR) is 35.0 cm³/mol. The Morgan fingerprint density at radius 2 is 2.22 bits per heavy atom. The van der Waals surface area contributed by atoms with E-state index in [-0.39, 0.29) is 0 Å². The van der Waals surface area contributed by atoms with Crippen molar-refractivity contribution in [2.45, 2.75) is 38.4 Å². The highest BCUT2D eigenvalue weighted by molar-refractivity contribution is 4.77. The van der Waals surface area contributed by atoms with Gasteiger partial charge in [-0.2, -0.15) is 0 Å². The van der Waals surface area contributed by atoms with Gasteiger partial charge in [-0.1, -0.05) is 6.92 Å². The summed E-state index contributed by atoms with van der Waals surface area (Å²) in [4.78, 5) is 0. The van der Waals surface area contributed by atoms with E-state index in [2.05, 4.69) is 0 Å². The van der Waals surface area contributed by atoms with Crippen LogP contribution in [0, 0.1) is 0 Å². The summed E-state index contributed by atoms with van der Waals surface area (Å²) in [6.45, 7) is 2.73. The molecule has 0 saturated heterocycles. The maximum Gasteiger partial charge on any atom is 0.165 e. The molecule has 0 bridgehead atoms. The Bertz CT molecular complexity index is 86.9. The SMILES string of the molecule is CCCOC1(O)CCC1. The van der Waals surface area contributed by atoms with Gasteiger partial charge in [0.05, 0.1) is 0 Å². The highest BCUT2D eigenvalue weighted by Gasteiger charge is 2.34.